The zero-order valence-electron chi connectivity index (χ0n) is 22.7. The van der Waals surface area contributed by atoms with Crippen LogP contribution in [0, 0.1) is 0 Å². The SMILES string of the molecule is CC(CN(C(=O)OC(C)(C)C)[C@@H](Cc1ccccc1)CN(C)Cc1ccccc1)OC1CCCCO1. The molecule has 3 rings (SSSR count). The van der Waals surface area contributed by atoms with E-state index >= 15 is 0 Å². The minimum Gasteiger partial charge on any atom is -0.444 e. The number of carbonyl (C=O) groups is 1. The molecule has 0 aliphatic carbocycles. The van der Waals surface area contributed by atoms with Gasteiger partial charge in [0.1, 0.15) is 5.60 Å². The summed E-state index contributed by atoms with van der Waals surface area (Å²) >= 11 is 0. The molecule has 1 saturated heterocycles. The lowest BCUT2D eigenvalue weighted by Gasteiger charge is -2.38. The Balaban J connectivity index is 1.80. The van der Waals surface area contributed by atoms with E-state index in [4.69, 9.17) is 14.2 Å². The maximum atomic E-state index is 13.6. The first-order valence-corrected chi connectivity index (χ1v) is 13.2. The summed E-state index contributed by atoms with van der Waals surface area (Å²) in [5, 5.41) is 0. The van der Waals surface area contributed by atoms with Gasteiger partial charge in [-0.05, 0) is 71.6 Å². The number of carbonyl (C=O) groups excluding carboxylic acids is 1. The molecule has 1 amide bonds. The smallest absolute Gasteiger partial charge is 0.410 e. The standard InChI is InChI=1S/C30H44N2O4/c1-24(35-28-18-12-13-19-34-28)21-32(29(33)36-30(2,3)4)27(20-25-14-8-6-9-15-25)23-31(5)22-26-16-10-7-11-17-26/h6-11,14-17,24,27-28H,12-13,18-23H2,1-5H3/t24?,27-,28?/m0/s1. The topological polar surface area (TPSA) is 51.2 Å². The molecule has 1 aliphatic rings. The van der Waals surface area contributed by atoms with Crippen molar-refractivity contribution in [1.82, 2.24) is 9.80 Å². The van der Waals surface area contributed by atoms with Gasteiger partial charge in [-0.2, -0.15) is 0 Å². The largest absolute Gasteiger partial charge is 0.444 e. The first-order valence-electron chi connectivity index (χ1n) is 13.2. The fourth-order valence-electron chi connectivity index (χ4n) is 4.57. The molecule has 1 aliphatic heterocycles. The van der Waals surface area contributed by atoms with E-state index in [2.05, 4.69) is 48.3 Å². The van der Waals surface area contributed by atoms with Gasteiger partial charge in [0.05, 0.1) is 18.7 Å². The summed E-state index contributed by atoms with van der Waals surface area (Å²) in [6, 6.07) is 20.7. The summed E-state index contributed by atoms with van der Waals surface area (Å²) in [7, 11) is 2.11. The molecule has 0 spiro atoms. The van der Waals surface area contributed by atoms with Gasteiger partial charge in [0, 0.05) is 19.7 Å². The number of benzene rings is 2. The molecule has 1 fully saturated rings. The Morgan fingerprint density at radius 3 is 2.22 bits per heavy atom. The quantitative estimate of drug-likeness (QED) is 0.388. The molecule has 0 bridgehead atoms. The summed E-state index contributed by atoms with van der Waals surface area (Å²) < 4.78 is 17.9. The molecule has 1 heterocycles. The first-order chi connectivity index (χ1) is 17.2. The average molecular weight is 497 g/mol. The Bertz CT molecular complexity index is 894. The zero-order chi connectivity index (χ0) is 26.0. The van der Waals surface area contributed by atoms with Gasteiger partial charge in [0.2, 0.25) is 0 Å². The van der Waals surface area contributed by atoms with Gasteiger partial charge in [-0.3, -0.25) is 0 Å². The molecule has 2 aromatic carbocycles. The van der Waals surface area contributed by atoms with Crippen molar-refractivity contribution in [2.45, 2.75) is 84.0 Å². The van der Waals surface area contributed by atoms with Gasteiger partial charge < -0.3 is 24.0 Å². The van der Waals surface area contributed by atoms with Gasteiger partial charge in [0.15, 0.2) is 6.29 Å². The minimum atomic E-state index is -0.584. The van der Waals surface area contributed by atoms with Crippen LogP contribution in [-0.2, 0) is 27.2 Å². The van der Waals surface area contributed by atoms with Crippen molar-refractivity contribution < 1.29 is 19.0 Å². The maximum absolute atomic E-state index is 13.6. The predicted molar refractivity (Wildman–Crippen MR) is 144 cm³/mol. The summed E-state index contributed by atoms with van der Waals surface area (Å²) in [4.78, 5) is 17.7. The fourth-order valence-corrected chi connectivity index (χ4v) is 4.57. The van der Waals surface area contributed by atoms with Crippen LogP contribution in [0.2, 0.25) is 0 Å². The lowest BCUT2D eigenvalue weighted by Crippen LogP contribution is -2.52. The number of hydrogen-bond donors (Lipinski definition) is 0. The van der Waals surface area contributed by atoms with E-state index in [1.165, 1.54) is 11.1 Å². The minimum absolute atomic E-state index is 0.0886. The molecule has 0 aromatic heterocycles. The molecule has 0 radical (unpaired) electrons. The van der Waals surface area contributed by atoms with Gasteiger partial charge in [-0.1, -0.05) is 60.7 Å². The second-order valence-corrected chi connectivity index (χ2v) is 10.9. The van der Waals surface area contributed by atoms with Gasteiger partial charge in [-0.15, -0.1) is 0 Å². The molecule has 0 saturated carbocycles. The molecule has 0 N–H and O–H groups in total. The van der Waals surface area contributed by atoms with Crippen molar-refractivity contribution in [3.63, 3.8) is 0 Å². The Labute approximate surface area is 217 Å². The van der Waals surface area contributed by atoms with E-state index in [1.807, 2.05) is 56.9 Å². The normalized spacial score (nSPS) is 18.0. The highest BCUT2D eigenvalue weighted by Gasteiger charge is 2.31. The molecule has 36 heavy (non-hydrogen) atoms. The highest BCUT2D eigenvalue weighted by atomic mass is 16.7. The van der Waals surface area contributed by atoms with Crippen molar-refractivity contribution in [3.8, 4) is 0 Å². The average Bonchev–Trinajstić information content (AvgIpc) is 2.83. The molecular formula is C30H44N2O4. The molecule has 198 valence electrons. The van der Waals surface area contributed by atoms with Crippen LogP contribution in [0.25, 0.3) is 0 Å². The highest BCUT2D eigenvalue weighted by Crippen LogP contribution is 2.20. The van der Waals surface area contributed by atoms with Crippen LogP contribution < -0.4 is 0 Å². The van der Waals surface area contributed by atoms with Crippen molar-refractivity contribution in [2.24, 2.45) is 0 Å². The summed E-state index contributed by atoms with van der Waals surface area (Å²) in [5.41, 5.74) is 1.85. The van der Waals surface area contributed by atoms with Crippen LogP contribution >= 0.6 is 0 Å². The first kappa shape index (κ1) is 28.2. The number of rotatable bonds is 11. The van der Waals surface area contributed by atoms with Crippen LogP contribution in [-0.4, -0.2) is 66.7 Å². The van der Waals surface area contributed by atoms with Crippen molar-refractivity contribution in [1.29, 1.82) is 0 Å². The third-order valence-electron chi connectivity index (χ3n) is 6.18. The van der Waals surface area contributed by atoms with Crippen LogP contribution in [0.4, 0.5) is 4.79 Å². The van der Waals surface area contributed by atoms with Crippen LogP contribution in [0.5, 0.6) is 0 Å². The van der Waals surface area contributed by atoms with Crippen molar-refractivity contribution in [3.05, 3.63) is 71.8 Å². The molecule has 2 unspecified atom stereocenters. The predicted octanol–water partition coefficient (Wildman–Crippen LogP) is 5.90. The van der Waals surface area contributed by atoms with Crippen LogP contribution in [0.1, 0.15) is 58.1 Å². The van der Waals surface area contributed by atoms with Crippen molar-refractivity contribution >= 4 is 6.09 Å². The Hall–Kier alpha value is -2.41. The number of hydrogen-bond acceptors (Lipinski definition) is 5. The lowest BCUT2D eigenvalue weighted by atomic mass is 10.0. The van der Waals surface area contributed by atoms with Crippen LogP contribution in [0.3, 0.4) is 0 Å². The van der Waals surface area contributed by atoms with E-state index < -0.39 is 5.60 Å². The summed E-state index contributed by atoms with van der Waals surface area (Å²) in [6.45, 7) is 10.4. The molecule has 6 heteroatoms. The molecular weight excluding hydrogens is 452 g/mol. The Morgan fingerprint density at radius 1 is 1.00 bits per heavy atom. The molecule has 3 atom stereocenters. The second kappa shape index (κ2) is 13.8. The summed E-state index contributed by atoms with van der Waals surface area (Å²) in [5.74, 6) is 0. The lowest BCUT2D eigenvalue weighted by molar-refractivity contribution is -0.187. The van der Waals surface area contributed by atoms with E-state index in [0.29, 0.717) is 13.1 Å². The van der Waals surface area contributed by atoms with Crippen molar-refractivity contribution in [2.75, 3.05) is 26.7 Å². The van der Waals surface area contributed by atoms with E-state index in [1.54, 1.807) is 0 Å². The zero-order valence-corrected chi connectivity index (χ0v) is 22.7. The van der Waals surface area contributed by atoms with E-state index in [0.717, 1.165) is 38.8 Å². The van der Waals surface area contributed by atoms with Crippen LogP contribution in [0.15, 0.2) is 60.7 Å². The highest BCUT2D eigenvalue weighted by molar-refractivity contribution is 5.68. The third kappa shape index (κ3) is 9.92. The maximum Gasteiger partial charge on any atom is 0.410 e. The Morgan fingerprint density at radius 2 is 1.64 bits per heavy atom. The van der Waals surface area contributed by atoms with Gasteiger partial charge in [-0.25, -0.2) is 4.79 Å². The van der Waals surface area contributed by atoms with Gasteiger partial charge in [0.25, 0.3) is 0 Å². The Kier molecular flexibility index (Phi) is 10.8. The number of likely N-dealkylation sites (N-methyl/N-ethyl adjacent to an activating group) is 1. The monoisotopic (exact) mass is 496 g/mol. The van der Waals surface area contributed by atoms with E-state index in [9.17, 15) is 4.79 Å². The number of amides is 1. The second-order valence-electron chi connectivity index (χ2n) is 10.9. The third-order valence-corrected chi connectivity index (χ3v) is 6.18. The van der Waals surface area contributed by atoms with E-state index in [-0.39, 0.29) is 24.5 Å². The van der Waals surface area contributed by atoms with Gasteiger partial charge >= 0.3 is 6.09 Å². The molecule has 6 nitrogen and oxygen atoms in total. The number of nitrogens with zero attached hydrogens (tertiary/aromatic N) is 2. The summed E-state index contributed by atoms with van der Waals surface area (Å²) in [6.07, 6.45) is 3.10. The molecule has 2 aromatic rings. The number of ether oxygens (including phenoxy) is 3. The fraction of sp³-hybridized carbons (Fsp3) is 0.567.